The van der Waals surface area contributed by atoms with Gasteiger partial charge in [-0.05, 0) is 25.7 Å². The number of rotatable bonds is 21. The smallest absolute Gasteiger partial charge is 0.546 e. The Morgan fingerprint density at radius 2 is 1.26 bits per heavy atom. The first-order valence-corrected chi connectivity index (χ1v) is 12.1. The number of aliphatic hydroxyl groups is 2. The normalized spacial score (nSPS) is 13.8. The summed E-state index contributed by atoms with van der Waals surface area (Å²) in [7, 11) is 0. The number of carboxylic acid groups (broad SMARTS) is 1. The van der Waals surface area contributed by atoms with Crippen molar-refractivity contribution in [3.63, 3.8) is 0 Å². The summed E-state index contributed by atoms with van der Waals surface area (Å²) in [4.78, 5) is 22.6. The van der Waals surface area contributed by atoms with Crippen LogP contribution in [0, 0.1) is 5.92 Å². The molecule has 2 N–H and O–H groups in total. The molecule has 3 atom stereocenters. The molecule has 0 spiro atoms. The van der Waals surface area contributed by atoms with Crippen LogP contribution in [-0.2, 0) is 14.3 Å². The van der Waals surface area contributed by atoms with Crippen LogP contribution in [0.2, 0.25) is 0 Å². The van der Waals surface area contributed by atoms with Gasteiger partial charge in [0.15, 0.2) is 0 Å². The molecule has 3 unspecified atom stereocenters. The van der Waals surface area contributed by atoms with Gasteiger partial charge in [-0.25, -0.2) is 4.79 Å². The number of hydrogen-bond donors (Lipinski definition) is 2. The third kappa shape index (κ3) is 20.2. The maximum absolute atomic E-state index is 11.4. The quantitative estimate of drug-likeness (QED) is 0.152. The van der Waals surface area contributed by atoms with Gasteiger partial charge in [-0.15, -0.1) is 0 Å². The average Bonchev–Trinajstić information content (AvgIpc) is 2.71. The van der Waals surface area contributed by atoms with Gasteiger partial charge in [0.2, 0.25) is 0 Å². The van der Waals surface area contributed by atoms with E-state index in [2.05, 4.69) is 6.92 Å². The van der Waals surface area contributed by atoms with E-state index in [4.69, 9.17) is 9.84 Å². The molecule has 6 nitrogen and oxygen atoms in total. The van der Waals surface area contributed by atoms with E-state index in [0.717, 1.165) is 19.3 Å². The number of carboxylic acids is 1. The molecular weight excluding hydrogens is 407 g/mol. The van der Waals surface area contributed by atoms with Crippen molar-refractivity contribution in [2.75, 3.05) is 6.61 Å². The fourth-order valence-electron chi connectivity index (χ4n) is 3.65. The summed E-state index contributed by atoms with van der Waals surface area (Å²) in [6.45, 7) is 3.30. The standard InChI is InChI=1S/C24H46O6.Na/c1-3-4-5-6-7-8-9-10-11-12-13-14-15-16-17-21(19-25)18-22(23(27)28)30-24(29)20(2)26;/h20-22,25-26H,3-19H2,1-2H3,(H,27,28);/q;+1/p-1. The van der Waals surface area contributed by atoms with Crippen LogP contribution in [0.15, 0.2) is 0 Å². The molecule has 31 heavy (non-hydrogen) atoms. The molecule has 0 radical (unpaired) electrons. The number of aliphatic carboxylic acids is 1. The molecule has 0 aromatic heterocycles. The SMILES string of the molecule is CCCCCCCCCCCCCCCCC(CO)CC(OC(=O)C(C)O)C(=O)[O-].[Na+]. The monoisotopic (exact) mass is 452 g/mol. The van der Waals surface area contributed by atoms with Gasteiger partial charge in [-0.1, -0.05) is 96.8 Å². The van der Waals surface area contributed by atoms with Crippen molar-refractivity contribution in [3.05, 3.63) is 0 Å². The molecule has 0 aliphatic heterocycles. The second kappa shape index (κ2) is 23.0. The Morgan fingerprint density at radius 1 is 0.839 bits per heavy atom. The fraction of sp³-hybridized carbons (Fsp3) is 0.917. The summed E-state index contributed by atoms with van der Waals surface area (Å²) < 4.78 is 4.77. The van der Waals surface area contributed by atoms with Crippen molar-refractivity contribution in [1.29, 1.82) is 0 Å². The summed E-state index contributed by atoms with van der Waals surface area (Å²) in [6, 6.07) is 0. The largest absolute Gasteiger partial charge is 1.00 e. The van der Waals surface area contributed by atoms with E-state index in [-0.39, 0.29) is 48.5 Å². The fourth-order valence-corrected chi connectivity index (χ4v) is 3.65. The number of aliphatic hydroxyl groups excluding tert-OH is 2. The summed E-state index contributed by atoms with van der Waals surface area (Å²) in [5, 5.41) is 29.8. The molecule has 7 heteroatoms. The molecule has 0 heterocycles. The van der Waals surface area contributed by atoms with E-state index >= 15 is 0 Å². The van der Waals surface area contributed by atoms with Gasteiger partial charge < -0.3 is 24.9 Å². The van der Waals surface area contributed by atoms with E-state index in [1.54, 1.807) is 0 Å². The van der Waals surface area contributed by atoms with Crippen LogP contribution in [0.3, 0.4) is 0 Å². The van der Waals surface area contributed by atoms with Crippen LogP contribution in [0.5, 0.6) is 0 Å². The summed E-state index contributed by atoms with van der Waals surface area (Å²) in [5.41, 5.74) is 0. The van der Waals surface area contributed by atoms with Crippen LogP contribution in [-0.4, -0.2) is 41.0 Å². The number of esters is 1. The van der Waals surface area contributed by atoms with Gasteiger partial charge in [0.05, 0.1) is 5.97 Å². The topological polar surface area (TPSA) is 107 Å². The van der Waals surface area contributed by atoms with Crippen LogP contribution >= 0.6 is 0 Å². The Bertz CT molecular complexity index is 430. The van der Waals surface area contributed by atoms with Crippen molar-refractivity contribution >= 4 is 11.9 Å². The molecule has 0 aromatic carbocycles. The zero-order valence-electron chi connectivity index (χ0n) is 20.3. The predicted octanol–water partition coefficient (Wildman–Crippen LogP) is 0.903. The number of carbonyl (C=O) groups is 2. The summed E-state index contributed by atoms with van der Waals surface area (Å²) in [6.07, 6.45) is 15.6. The van der Waals surface area contributed by atoms with Crippen molar-refractivity contribution in [2.24, 2.45) is 5.92 Å². The second-order valence-corrected chi connectivity index (χ2v) is 8.59. The van der Waals surface area contributed by atoms with Gasteiger partial charge in [0, 0.05) is 6.61 Å². The first kappa shape index (κ1) is 33.0. The van der Waals surface area contributed by atoms with E-state index in [9.17, 15) is 19.8 Å². The van der Waals surface area contributed by atoms with Crippen LogP contribution in [0.4, 0.5) is 0 Å². The third-order valence-corrected chi connectivity index (χ3v) is 5.63. The molecule has 0 aromatic rings. The molecule has 0 aliphatic rings. The Kier molecular flexibility index (Phi) is 24.5. The molecule has 0 saturated heterocycles. The molecule has 0 amide bonds. The van der Waals surface area contributed by atoms with E-state index in [1.165, 1.54) is 77.6 Å². The van der Waals surface area contributed by atoms with Crippen LogP contribution in [0.25, 0.3) is 0 Å². The van der Waals surface area contributed by atoms with E-state index < -0.39 is 24.1 Å². The zero-order valence-corrected chi connectivity index (χ0v) is 22.3. The molecule has 0 rings (SSSR count). The van der Waals surface area contributed by atoms with Crippen LogP contribution < -0.4 is 34.7 Å². The Labute approximate surface area is 211 Å². The number of hydrogen-bond acceptors (Lipinski definition) is 6. The van der Waals surface area contributed by atoms with Crippen LogP contribution in [0.1, 0.15) is 117 Å². The minimum Gasteiger partial charge on any atom is -0.546 e. The zero-order chi connectivity index (χ0) is 22.6. The van der Waals surface area contributed by atoms with Crippen molar-refractivity contribution in [3.8, 4) is 0 Å². The minimum atomic E-state index is -1.50. The van der Waals surface area contributed by atoms with Crippen molar-refractivity contribution in [2.45, 2.75) is 129 Å². The van der Waals surface area contributed by atoms with E-state index in [0.29, 0.717) is 6.42 Å². The third-order valence-electron chi connectivity index (χ3n) is 5.63. The molecule has 0 aliphatic carbocycles. The predicted molar refractivity (Wildman–Crippen MR) is 117 cm³/mol. The first-order valence-electron chi connectivity index (χ1n) is 12.1. The van der Waals surface area contributed by atoms with Crippen molar-refractivity contribution in [1.82, 2.24) is 0 Å². The Morgan fingerprint density at radius 3 is 1.61 bits per heavy atom. The number of ether oxygens (including phenoxy) is 1. The molecule has 0 bridgehead atoms. The number of carbonyl (C=O) groups excluding carboxylic acids is 2. The van der Waals surface area contributed by atoms with Gasteiger partial charge in [-0.2, -0.15) is 0 Å². The average molecular weight is 453 g/mol. The summed E-state index contributed by atoms with van der Waals surface area (Å²) in [5.74, 6) is -2.74. The van der Waals surface area contributed by atoms with Crippen molar-refractivity contribution < 1.29 is 59.2 Å². The maximum Gasteiger partial charge on any atom is 1.00 e. The van der Waals surface area contributed by atoms with Gasteiger partial charge in [0.25, 0.3) is 0 Å². The first-order chi connectivity index (χ1) is 14.4. The second-order valence-electron chi connectivity index (χ2n) is 8.59. The Hall–Kier alpha value is -0.140. The summed E-state index contributed by atoms with van der Waals surface area (Å²) >= 11 is 0. The molecule has 178 valence electrons. The molecule has 0 saturated carbocycles. The van der Waals surface area contributed by atoms with Gasteiger partial charge >= 0.3 is 35.5 Å². The maximum atomic E-state index is 11.4. The van der Waals surface area contributed by atoms with E-state index in [1.807, 2.05) is 0 Å². The molecule has 0 fully saturated rings. The molecular formula is C24H45NaO6. The Balaban J connectivity index is 0. The van der Waals surface area contributed by atoms with Gasteiger partial charge in [0.1, 0.15) is 12.2 Å². The number of unbranched alkanes of at least 4 members (excludes halogenated alkanes) is 13. The minimum absolute atomic E-state index is 0. The van der Waals surface area contributed by atoms with Gasteiger partial charge in [-0.3, -0.25) is 0 Å².